The molecule has 2 N–H and O–H groups in total. The van der Waals surface area contributed by atoms with Gasteiger partial charge in [0.1, 0.15) is 17.3 Å². The number of anilines is 1. The molecular weight excluding hydrogens is 286 g/mol. The molecule has 112 valence electrons. The van der Waals surface area contributed by atoms with Gasteiger partial charge in [0.05, 0.1) is 5.69 Å². The maximum absolute atomic E-state index is 13.6. The molecule has 0 aliphatic heterocycles. The molecule has 0 spiro atoms. The zero-order chi connectivity index (χ0) is 15.9. The fraction of sp³-hybridized carbons (Fsp3) is 0.118. The number of hydrogen-bond donors (Lipinski definition) is 2. The zero-order valence-electron chi connectivity index (χ0n) is 12.1. The average molecular weight is 300 g/mol. The first kappa shape index (κ1) is 14.3. The molecule has 0 saturated heterocycles. The van der Waals surface area contributed by atoms with E-state index in [9.17, 15) is 13.6 Å². The van der Waals surface area contributed by atoms with Gasteiger partial charge in [0.2, 0.25) is 0 Å². The predicted octanol–water partition coefficient (Wildman–Crippen LogP) is 4.32. The van der Waals surface area contributed by atoms with Crippen molar-refractivity contribution in [2.45, 2.75) is 13.8 Å². The van der Waals surface area contributed by atoms with Gasteiger partial charge in [-0.25, -0.2) is 8.78 Å². The van der Waals surface area contributed by atoms with Crippen molar-refractivity contribution >= 4 is 22.5 Å². The van der Waals surface area contributed by atoms with Gasteiger partial charge in [-0.1, -0.05) is 6.07 Å². The van der Waals surface area contributed by atoms with Crippen LogP contribution in [0, 0.1) is 25.5 Å². The normalized spacial score (nSPS) is 10.9. The van der Waals surface area contributed by atoms with Gasteiger partial charge < -0.3 is 10.3 Å². The predicted molar refractivity (Wildman–Crippen MR) is 82.1 cm³/mol. The number of hydrogen-bond acceptors (Lipinski definition) is 1. The van der Waals surface area contributed by atoms with E-state index in [0.29, 0.717) is 5.69 Å². The summed E-state index contributed by atoms with van der Waals surface area (Å²) in [6.07, 6.45) is 0. The minimum absolute atomic E-state index is 0.0574. The molecule has 0 saturated carbocycles. The number of halogens is 2. The Morgan fingerprint density at radius 3 is 2.59 bits per heavy atom. The highest BCUT2D eigenvalue weighted by atomic mass is 19.1. The van der Waals surface area contributed by atoms with Gasteiger partial charge in [0.15, 0.2) is 0 Å². The van der Waals surface area contributed by atoms with E-state index in [2.05, 4.69) is 10.3 Å². The maximum atomic E-state index is 13.6. The number of H-pyrrole nitrogens is 1. The Morgan fingerprint density at radius 2 is 1.86 bits per heavy atom. The van der Waals surface area contributed by atoms with E-state index < -0.39 is 17.5 Å². The molecule has 3 nitrogen and oxygen atoms in total. The number of aromatic amines is 1. The fourth-order valence-corrected chi connectivity index (χ4v) is 2.50. The Kier molecular flexibility index (Phi) is 3.41. The summed E-state index contributed by atoms with van der Waals surface area (Å²) in [4.78, 5) is 15.2. The van der Waals surface area contributed by atoms with Crippen LogP contribution in [-0.2, 0) is 0 Å². The van der Waals surface area contributed by atoms with Crippen molar-refractivity contribution < 1.29 is 13.6 Å². The topological polar surface area (TPSA) is 44.9 Å². The minimum atomic E-state index is -0.809. The number of carbonyl (C=O) groups excluding carboxylic acids is 1. The van der Waals surface area contributed by atoms with Gasteiger partial charge in [-0.3, -0.25) is 4.79 Å². The van der Waals surface area contributed by atoms with Crippen molar-refractivity contribution in [3.05, 3.63) is 64.9 Å². The van der Waals surface area contributed by atoms with Crippen LogP contribution in [0.5, 0.6) is 0 Å². The molecular formula is C17H14F2N2O. The molecule has 22 heavy (non-hydrogen) atoms. The summed E-state index contributed by atoms with van der Waals surface area (Å²) in [7, 11) is 0. The second kappa shape index (κ2) is 5.26. The number of carbonyl (C=O) groups is 1. The second-order valence-electron chi connectivity index (χ2n) is 5.30. The van der Waals surface area contributed by atoms with Crippen LogP contribution in [0.4, 0.5) is 14.5 Å². The van der Waals surface area contributed by atoms with Crippen molar-refractivity contribution in [3.63, 3.8) is 0 Å². The second-order valence-corrected chi connectivity index (χ2v) is 5.30. The average Bonchev–Trinajstić information content (AvgIpc) is 2.86. The summed E-state index contributed by atoms with van der Waals surface area (Å²) in [5.41, 5.74) is 3.26. The summed E-state index contributed by atoms with van der Waals surface area (Å²) in [6, 6.07) is 8.71. The SMILES string of the molecule is Cc1cc(C)c2cc(C(=O)Nc3ccc(F)cc3F)[nH]c2c1. The van der Waals surface area contributed by atoms with Crippen LogP contribution in [0.1, 0.15) is 21.6 Å². The number of fused-ring (bicyclic) bond motifs is 1. The lowest BCUT2D eigenvalue weighted by molar-refractivity contribution is 0.102. The van der Waals surface area contributed by atoms with Crippen molar-refractivity contribution in [3.8, 4) is 0 Å². The number of rotatable bonds is 2. The van der Waals surface area contributed by atoms with Crippen LogP contribution in [0.3, 0.4) is 0 Å². The Balaban J connectivity index is 1.93. The van der Waals surface area contributed by atoms with E-state index >= 15 is 0 Å². The summed E-state index contributed by atoms with van der Waals surface area (Å²) in [6.45, 7) is 3.94. The highest BCUT2D eigenvalue weighted by Gasteiger charge is 2.13. The summed E-state index contributed by atoms with van der Waals surface area (Å²) in [5.74, 6) is -1.97. The summed E-state index contributed by atoms with van der Waals surface area (Å²) < 4.78 is 26.5. The number of benzene rings is 2. The molecule has 1 aromatic heterocycles. The van der Waals surface area contributed by atoms with Crippen molar-refractivity contribution in [2.75, 3.05) is 5.32 Å². The van der Waals surface area contributed by atoms with Gasteiger partial charge >= 0.3 is 0 Å². The first-order chi connectivity index (χ1) is 10.4. The molecule has 5 heteroatoms. The van der Waals surface area contributed by atoms with Crippen LogP contribution < -0.4 is 5.32 Å². The summed E-state index contributed by atoms with van der Waals surface area (Å²) >= 11 is 0. The highest BCUT2D eigenvalue weighted by Crippen LogP contribution is 2.22. The quantitative estimate of drug-likeness (QED) is 0.727. The molecule has 3 aromatic rings. The molecule has 0 unspecified atom stereocenters. The van der Waals surface area contributed by atoms with Crippen LogP contribution in [0.25, 0.3) is 10.9 Å². The Hall–Kier alpha value is -2.69. The third-order valence-corrected chi connectivity index (χ3v) is 3.51. The smallest absolute Gasteiger partial charge is 0.272 e. The molecule has 1 heterocycles. The highest BCUT2D eigenvalue weighted by molar-refractivity contribution is 6.06. The van der Waals surface area contributed by atoms with Gasteiger partial charge in [-0.2, -0.15) is 0 Å². The molecule has 3 rings (SSSR count). The summed E-state index contributed by atoms with van der Waals surface area (Å²) in [5, 5.41) is 3.38. The van der Waals surface area contributed by atoms with Crippen LogP contribution in [-0.4, -0.2) is 10.9 Å². The van der Waals surface area contributed by atoms with E-state index in [1.165, 1.54) is 6.07 Å². The fourth-order valence-electron chi connectivity index (χ4n) is 2.50. The molecule has 0 bridgehead atoms. The van der Waals surface area contributed by atoms with Crippen LogP contribution in [0.2, 0.25) is 0 Å². The third-order valence-electron chi connectivity index (χ3n) is 3.51. The van der Waals surface area contributed by atoms with Crippen molar-refractivity contribution in [1.29, 1.82) is 0 Å². The number of aromatic nitrogens is 1. The lowest BCUT2D eigenvalue weighted by atomic mass is 10.1. The zero-order valence-corrected chi connectivity index (χ0v) is 12.1. The molecule has 0 aliphatic carbocycles. The Bertz CT molecular complexity index is 884. The number of amides is 1. The van der Waals surface area contributed by atoms with E-state index in [-0.39, 0.29) is 5.69 Å². The molecule has 1 amide bonds. The van der Waals surface area contributed by atoms with E-state index in [1.54, 1.807) is 6.07 Å². The van der Waals surface area contributed by atoms with Gasteiger partial charge in [-0.05, 0) is 49.2 Å². The standard InChI is InChI=1S/C17H14F2N2O/c1-9-5-10(2)12-8-16(20-15(12)6-9)17(22)21-14-4-3-11(18)7-13(14)19/h3-8,20H,1-2H3,(H,21,22). The number of nitrogens with one attached hydrogen (secondary N) is 2. The lowest BCUT2D eigenvalue weighted by Crippen LogP contribution is -2.13. The van der Waals surface area contributed by atoms with Gasteiger partial charge in [0.25, 0.3) is 5.91 Å². The van der Waals surface area contributed by atoms with E-state index in [1.807, 2.05) is 26.0 Å². The van der Waals surface area contributed by atoms with Crippen molar-refractivity contribution in [1.82, 2.24) is 4.98 Å². The van der Waals surface area contributed by atoms with Crippen molar-refractivity contribution in [2.24, 2.45) is 0 Å². The van der Waals surface area contributed by atoms with Gasteiger partial charge in [0, 0.05) is 17.0 Å². The molecule has 2 aromatic carbocycles. The van der Waals surface area contributed by atoms with E-state index in [0.717, 1.165) is 34.2 Å². The monoisotopic (exact) mass is 300 g/mol. The molecule has 0 fully saturated rings. The third kappa shape index (κ3) is 2.57. The van der Waals surface area contributed by atoms with Gasteiger partial charge in [-0.15, -0.1) is 0 Å². The van der Waals surface area contributed by atoms with E-state index in [4.69, 9.17) is 0 Å². The Morgan fingerprint density at radius 1 is 1.09 bits per heavy atom. The first-order valence-electron chi connectivity index (χ1n) is 6.80. The largest absolute Gasteiger partial charge is 0.351 e. The lowest BCUT2D eigenvalue weighted by Gasteiger charge is -2.04. The number of aryl methyl sites for hydroxylation is 2. The first-order valence-corrected chi connectivity index (χ1v) is 6.80. The Labute approximate surface area is 126 Å². The van der Waals surface area contributed by atoms with Crippen LogP contribution in [0.15, 0.2) is 36.4 Å². The molecule has 0 aliphatic rings. The molecule has 0 atom stereocenters. The maximum Gasteiger partial charge on any atom is 0.272 e. The van der Waals surface area contributed by atoms with Crippen LogP contribution >= 0.6 is 0 Å². The molecule has 0 radical (unpaired) electrons. The minimum Gasteiger partial charge on any atom is -0.351 e.